The van der Waals surface area contributed by atoms with Crippen LogP contribution in [-0.2, 0) is 16.1 Å². The molecule has 1 N–H and O–H groups in total. The number of nitrogens with zero attached hydrogens (tertiary/aromatic N) is 1. The van der Waals surface area contributed by atoms with Gasteiger partial charge in [-0.25, -0.2) is 4.79 Å². The van der Waals surface area contributed by atoms with Crippen molar-refractivity contribution < 1.29 is 19.4 Å². The van der Waals surface area contributed by atoms with Crippen LogP contribution in [0.3, 0.4) is 0 Å². The zero-order valence-corrected chi connectivity index (χ0v) is 12.2. The number of halogens is 1. The van der Waals surface area contributed by atoms with Crippen LogP contribution in [0.15, 0.2) is 34.8 Å². The smallest absolute Gasteiger partial charge is 0.328 e. The van der Waals surface area contributed by atoms with Crippen molar-refractivity contribution in [2.24, 2.45) is 0 Å². The SMILES string of the molecule is COc1ccc(CN(C)C(=O)/C=C/C(=O)O)cc1Br. The average Bonchev–Trinajstić information content (AvgIpc) is 2.36. The molecule has 0 aliphatic rings. The Bertz CT molecular complexity index is 513. The van der Waals surface area contributed by atoms with Gasteiger partial charge in [-0.15, -0.1) is 0 Å². The lowest BCUT2D eigenvalue weighted by molar-refractivity contribution is -0.132. The van der Waals surface area contributed by atoms with Crippen molar-refractivity contribution in [3.63, 3.8) is 0 Å². The Kier molecular flexibility index (Phi) is 5.57. The fourth-order valence-corrected chi connectivity index (χ4v) is 2.02. The number of aliphatic carboxylic acids is 1. The van der Waals surface area contributed by atoms with Crippen LogP contribution >= 0.6 is 15.9 Å². The first-order valence-corrected chi connectivity index (χ1v) is 6.22. The summed E-state index contributed by atoms with van der Waals surface area (Å²) in [4.78, 5) is 23.3. The second kappa shape index (κ2) is 6.94. The lowest BCUT2D eigenvalue weighted by atomic mass is 10.2. The van der Waals surface area contributed by atoms with Gasteiger partial charge >= 0.3 is 5.97 Å². The number of methoxy groups -OCH3 is 1. The standard InChI is InChI=1S/C13H14BrNO4/c1-15(12(16)5-6-13(17)18)8-9-3-4-11(19-2)10(14)7-9/h3-7H,8H2,1-2H3,(H,17,18)/b6-5+. The molecule has 1 aromatic carbocycles. The maximum atomic E-state index is 11.6. The average molecular weight is 328 g/mol. The number of ether oxygens (including phenoxy) is 1. The van der Waals surface area contributed by atoms with Gasteiger partial charge in [0.05, 0.1) is 11.6 Å². The maximum Gasteiger partial charge on any atom is 0.328 e. The number of likely N-dealkylation sites (N-methyl/N-ethyl adjacent to an activating group) is 1. The minimum Gasteiger partial charge on any atom is -0.496 e. The molecular weight excluding hydrogens is 314 g/mol. The molecule has 0 saturated heterocycles. The third-order valence-electron chi connectivity index (χ3n) is 2.38. The molecule has 1 aromatic rings. The predicted molar refractivity (Wildman–Crippen MR) is 73.9 cm³/mol. The van der Waals surface area contributed by atoms with Crippen LogP contribution in [0.2, 0.25) is 0 Å². The quantitative estimate of drug-likeness (QED) is 0.840. The summed E-state index contributed by atoms with van der Waals surface area (Å²) in [5, 5.41) is 8.45. The van der Waals surface area contributed by atoms with E-state index in [1.165, 1.54) is 4.90 Å². The van der Waals surface area contributed by atoms with E-state index in [2.05, 4.69) is 15.9 Å². The first kappa shape index (κ1) is 15.2. The summed E-state index contributed by atoms with van der Waals surface area (Å²) < 4.78 is 5.91. The molecule has 0 saturated carbocycles. The van der Waals surface area contributed by atoms with Crippen molar-refractivity contribution in [2.45, 2.75) is 6.54 Å². The molecule has 0 radical (unpaired) electrons. The third kappa shape index (κ3) is 4.75. The summed E-state index contributed by atoms with van der Waals surface area (Å²) in [5.41, 5.74) is 0.909. The molecule has 6 heteroatoms. The first-order valence-electron chi connectivity index (χ1n) is 5.42. The number of amides is 1. The van der Waals surface area contributed by atoms with Crippen molar-refractivity contribution in [3.05, 3.63) is 40.4 Å². The minimum absolute atomic E-state index is 0.366. The van der Waals surface area contributed by atoms with Crippen LogP contribution in [0.4, 0.5) is 0 Å². The fraction of sp³-hybridized carbons (Fsp3) is 0.231. The summed E-state index contributed by atoms with van der Waals surface area (Å²) in [6, 6.07) is 5.49. The molecule has 0 aromatic heterocycles. The first-order chi connectivity index (χ1) is 8.93. The lowest BCUT2D eigenvalue weighted by Gasteiger charge is -2.15. The third-order valence-corrected chi connectivity index (χ3v) is 3.00. The Morgan fingerprint density at radius 1 is 1.42 bits per heavy atom. The van der Waals surface area contributed by atoms with Gasteiger partial charge in [0.15, 0.2) is 0 Å². The van der Waals surface area contributed by atoms with Gasteiger partial charge in [0.2, 0.25) is 5.91 Å². The van der Waals surface area contributed by atoms with Gasteiger partial charge in [-0.2, -0.15) is 0 Å². The van der Waals surface area contributed by atoms with Crippen LogP contribution in [0.1, 0.15) is 5.56 Å². The number of hydrogen-bond donors (Lipinski definition) is 1. The van der Waals surface area contributed by atoms with E-state index >= 15 is 0 Å². The zero-order valence-electron chi connectivity index (χ0n) is 10.6. The summed E-state index contributed by atoms with van der Waals surface area (Å²) in [6.07, 6.45) is 1.85. The number of rotatable bonds is 5. The Hall–Kier alpha value is -1.82. The number of carboxylic acids is 1. The minimum atomic E-state index is -1.14. The van der Waals surface area contributed by atoms with Gasteiger partial charge in [0, 0.05) is 25.7 Å². The van der Waals surface area contributed by atoms with E-state index in [0.29, 0.717) is 12.3 Å². The molecule has 0 aliphatic carbocycles. The van der Waals surface area contributed by atoms with E-state index in [-0.39, 0.29) is 5.91 Å². The lowest BCUT2D eigenvalue weighted by Crippen LogP contribution is -2.24. The van der Waals surface area contributed by atoms with Crippen LogP contribution in [0.25, 0.3) is 0 Å². The zero-order chi connectivity index (χ0) is 14.4. The van der Waals surface area contributed by atoms with E-state index in [0.717, 1.165) is 22.2 Å². The Morgan fingerprint density at radius 2 is 2.11 bits per heavy atom. The number of carbonyl (C=O) groups excluding carboxylic acids is 1. The predicted octanol–water partition coefficient (Wildman–Crippen LogP) is 2.06. The second-order valence-corrected chi connectivity index (χ2v) is 4.69. The molecule has 0 fully saturated rings. The monoisotopic (exact) mass is 327 g/mol. The largest absolute Gasteiger partial charge is 0.496 e. The summed E-state index contributed by atoms with van der Waals surface area (Å²) in [7, 11) is 3.18. The van der Waals surface area contributed by atoms with Crippen LogP contribution in [-0.4, -0.2) is 36.0 Å². The van der Waals surface area contributed by atoms with Crippen molar-refractivity contribution >= 4 is 27.8 Å². The maximum absolute atomic E-state index is 11.6. The van der Waals surface area contributed by atoms with Crippen LogP contribution in [0, 0.1) is 0 Å². The molecule has 102 valence electrons. The van der Waals surface area contributed by atoms with Crippen molar-refractivity contribution in [1.82, 2.24) is 4.90 Å². The van der Waals surface area contributed by atoms with Gasteiger partial charge < -0.3 is 14.7 Å². The normalized spacial score (nSPS) is 10.5. The number of carboxylic acid groups (broad SMARTS) is 1. The van der Waals surface area contributed by atoms with Gasteiger partial charge in [0.25, 0.3) is 0 Å². The molecule has 0 unspecified atom stereocenters. The van der Waals surface area contributed by atoms with Crippen molar-refractivity contribution in [3.8, 4) is 5.75 Å². The molecule has 0 aliphatic heterocycles. The van der Waals surface area contributed by atoms with Gasteiger partial charge in [-0.05, 0) is 33.6 Å². The van der Waals surface area contributed by atoms with E-state index in [4.69, 9.17) is 9.84 Å². The highest BCUT2D eigenvalue weighted by Crippen LogP contribution is 2.25. The van der Waals surface area contributed by atoms with Crippen molar-refractivity contribution in [1.29, 1.82) is 0 Å². The highest BCUT2D eigenvalue weighted by molar-refractivity contribution is 9.10. The van der Waals surface area contributed by atoms with E-state index in [1.54, 1.807) is 20.2 Å². The molecular formula is C13H14BrNO4. The molecule has 0 spiro atoms. The summed E-state index contributed by atoms with van der Waals surface area (Å²) >= 11 is 3.36. The molecule has 5 nitrogen and oxygen atoms in total. The molecule has 0 heterocycles. The van der Waals surface area contributed by atoms with E-state index < -0.39 is 5.97 Å². The number of carbonyl (C=O) groups is 2. The Labute approximate surface area is 119 Å². The van der Waals surface area contributed by atoms with E-state index in [9.17, 15) is 9.59 Å². The highest BCUT2D eigenvalue weighted by Gasteiger charge is 2.08. The molecule has 19 heavy (non-hydrogen) atoms. The molecule has 1 rings (SSSR count). The molecule has 0 atom stereocenters. The molecule has 0 bridgehead atoms. The van der Waals surface area contributed by atoms with Gasteiger partial charge in [0.1, 0.15) is 5.75 Å². The van der Waals surface area contributed by atoms with Crippen LogP contribution in [0.5, 0.6) is 5.75 Å². The van der Waals surface area contributed by atoms with Crippen molar-refractivity contribution in [2.75, 3.05) is 14.2 Å². The Balaban J connectivity index is 2.71. The number of benzene rings is 1. The molecule has 1 amide bonds. The van der Waals surface area contributed by atoms with Gasteiger partial charge in [-0.1, -0.05) is 6.07 Å². The Morgan fingerprint density at radius 3 is 2.63 bits per heavy atom. The summed E-state index contributed by atoms with van der Waals surface area (Å²) in [6.45, 7) is 0.380. The van der Waals surface area contributed by atoms with Gasteiger partial charge in [-0.3, -0.25) is 4.79 Å². The highest BCUT2D eigenvalue weighted by atomic mass is 79.9. The second-order valence-electron chi connectivity index (χ2n) is 3.83. The fourth-order valence-electron chi connectivity index (χ4n) is 1.43. The topological polar surface area (TPSA) is 66.8 Å². The van der Waals surface area contributed by atoms with Crippen LogP contribution < -0.4 is 4.74 Å². The summed E-state index contributed by atoms with van der Waals surface area (Å²) in [5.74, 6) is -0.799. The number of hydrogen-bond acceptors (Lipinski definition) is 3. The van der Waals surface area contributed by atoms with E-state index in [1.807, 2.05) is 12.1 Å².